The van der Waals surface area contributed by atoms with Gasteiger partial charge in [0.2, 0.25) is 11.8 Å². The summed E-state index contributed by atoms with van der Waals surface area (Å²) in [6, 6.07) is 4.21. The fraction of sp³-hybridized carbons (Fsp3) is 0.650. The predicted molar refractivity (Wildman–Crippen MR) is 97.0 cm³/mol. The number of carbonyl (C=O) groups excluding carboxylic acids is 2. The zero-order valence-electron chi connectivity index (χ0n) is 15.2. The molecule has 1 aromatic rings. The van der Waals surface area contributed by atoms with Crippen molar-refractivity contribution in [1.82, 2.24) is 14.8 Å². The Morgan fingerprint density at radius 2 is 2.16 bits per heavy atom. The van der Waals surface area contributed by atoms with Crippen LogP contribution in [0.3, 0.4) is 0 Å². The molecule has 0 spiro atoms. The Balaban J connectivity index is 1.43. The molecule has 0 radical (unpaired) electrons. The summed E-state index contributed by atoms with van der Waals surface area (Å²) in [6.07, 6.45) is 8.21. The average Bonchev–Trinajstić information content (AvgIpc) is 3.02. The molecule has 1 aromatic heterocycles. The lowest BCUT2D eigenvalue weighted by molar-refractivity contribution is -0.134. The Kier molecular flexibility index (Phi) is 6.05. The van der Waals surface area contributed by atoms with Gasteiger partial charge < -0.3 is 9.80 Å². The van der Waals surface area contributed by atoms with Crippen LogP contribution in [0, 0.1) is 12.8 Å². The number of nitrogens with zero attached hydrogens (tertiary/aromatic N) is 3. The van der Waals surface area contributed by atoms with Crippen LogP contribution in [0.4, 0.5) is 0 Å². The Bertz CT molecular complexity index is 599. The number of amides is 2. The molecule has 2 fully saturated rings. The summed E-state index contributed by atoms with van der Waals surface area (Å²) in [4.78, 5) is 32.4. The third-order valence-corrected chi connectivity index (χ3v) is 5.36. The first kappa shape index (κ1) is 17.9. The maximum atomic E-state index is 12.5. The molecule has 0 aromatic carbocycles. The predicted octanol–water partition coefficient (Wildman–Crippen LogP) is 2.57. The molecule has 2 aliphatic rings. The lowest BCUT2D eigenvalue weighted by Gasteiger charge is -2.33. The molecule has 25 heavy (non-hydrogen) atoms. The van der Waals surface area contributed by atoms with E-state index in [1.54, 1.807) is 0 Å². The van der Waals surface area contributed by atoms with Gasteiger partial charge in [-0.3, -0.25) is 14.6 Å². The first-order valence-corrected chi connectivity index (χ1v) is 9.59. The molecular formula is C20H29N3O2. The van der Waals surface area contributed by atoms with Gasteiger partial charge in [-0.15, -0.1) is 0 Å². The zero-order valence-corrected chi connectivity index (χ0v) is 15.2. The quantitative estimate of drug-likeness (QED) is 0.798. The summed E-state index contributed by atoms with van der Waals surface area (Å²) in [7, 11) is 0. The summed E-state index contributed by atoms with van der Waals surface area (Å²) >= 11 is 0. The number of rotatable bonds is 6. The number of hydrogen-bond donors (Lipinski definition) is 0. The van der Waals surface area contributed by atoms with Crippen LogP contribution in [0.5, 0.6) is 0 Å². The first-order valence-electron chi connectivity index (χ1n) is 9.59. The molecule has 5 heteroatoms. The van der Waals surface area contributed by atoms with E-state index in [1.165, 1.54) is 12.0 Å². The van der Waals surface area contributed by atoms with E-state index in [2.05, 4.69) is 17.1 Å². The van der Waals surface area contributed by atoms with Crippen molar-refractivity contribution in [2.75, 3.05) is 26.2 Å². The Hall–Kier alpha value is -1.91. The molecule has 5 nitrogen and oxygen atoms in total. The number of hydrogen-bond acceptors (Lipinski definition) is 3. The molecule has 0 saturated carbocycles. The molecule has 1 atom stereocenters. The van der Waals surface area contributed by atoms with Crippen LogP contribution in [0.2, 0.25) is 0 Å². The van der Waals surface area contributed by atoms with E-state index in [0.29, 0.717) is 18.8 Å². The van der Waals surface area contributed by atoms with E-state index in [9.17, 15) is 9.59 Å². The van der Waals surface area contributed by atoms with Crippen LogP contribution in [0.25, 0.3) is 0 Å². The van der Waals surface area contributed by atoms with Gasteiger partial charge in [0.05, 0.1) is 0 Å². The van der Waals surface area contributed by atoms with E-state index < -0.39 is 0 Å². The molecule has 0 aliphatic carbocycles. The van der Waals surface area contributed by atoms with Crippen LogP contribution >= 0.6 is 0 Å². The van der Waals surface area contributed by atoms with Crippen molar-refractivity contribution in [3.8, 4) is 0 Å². The molecule has 0 bridgehead atoms. The van der Waals surface area contributed by atoms with E-state index in [-0.39, 0.29) is 11.8 Å². The molecule has 0 unspecified atom stereocenters. The topological polar surface area (TPSA) is 53.5 Å². The zero-order chi connectivity index (χ0) is 17.6. The van der Waals surface area contributed by atoms with Gasteiger partial charge in [-0.2, -0.15) is 0 Å². The Labute approximate surface area is 150 Å². The van der Waals surface area contributed by atoms with Gasteiger partial charge in [0.1, 0.15) is 0 Å². The third-order valence-electron chi connectivity index (χ3n) is 5.36. The van der Waals surface area contributed by atoms with Gasteiger partial charge in [0.25, 0.3) is 0 Å². The highest BCUT2D eigenvalue weighted by atomic mass is 16.2. The Morgan fingerprint density at radius 3 is 2.88 bits per heavy atom. The van der Waals surface area contributed by atoms with E-state index >= 15 is 0 Å². The molecule has 3 heterocycles. The highest BCUT2D eigenvalue weighted by molar-refractivity contribution is 5.78. The smallest absolute Gasteiger partial charge is 0.222 e. The average molecular weight is 343 g/mol. The highest BCUT2D eigenvalue weighted by Crippen LogP contribution is 2.21. The Morgan fingerprint density at radius 1 is 1.28 bits per heavy atom. The SMILES string of the molecule is Cc1ccc(C[C@@H]2CCCN(C(=O)CCCN3CCCC3=O)C2)cn1. The van der Waals surface area contributed by atoms with Crippen molar-refractivity contribution < 1.29 is 9.59 Å². The van der Waals surface area contributed by atoms with Crippen LogP contribution in [-0.4, -0.2) is 52.8 Å². The van der Waals surface area contributed by atoms with Gasteiger partial charge >= 0.3 is 0 Å². The van der Waals surface area contributed by atoms with Crippen molar-refractivity contribution in [3.05, 3.63) is 29.6 Å². The molecule has 0 N–H and O–H groups in total. The maximum Gasteiger partial charge on any atom is 0.222 e. The number of aromatic nitrogens is 1. The van der Waals surface area contributed by atoms with Gasteiger partial charge in [0.15, 0.2) is 0 Å². The minimum absolute atomic E-state index is 0.247. The standard InChI is InChI=1S/C20H29N3O2/c1-16-8-9-17(14-21-16)13-18-5-2-12-23(15-18)20(25)7-4-11-22-10-3-6-19(22)24/h8-9,14,18H,2-7,10-13,15H2,1H3/t18-/m0/s1. The fourth-order valence-electron chi connectivity index (χ4n) is 3.93. The van der Waals surface area contributed by atoms with Crippen LogP contribution in [-0.2, 0) is 16.0 Å². The summed E-state index contributed by atoms with van der Waals surface area (Å²) in [6.45, 7) is 5.33. The molecule has 2 saturated heterocycles. The normalized spacial score (nSPS) is 21.0. The number of carbonyl (C=O) groups is 2. The van der Waals surface area contributed by atoms with E-state index in [4.69, 9.17) is 0 Å². The minimum atomic E-state index is 0.247. The minimum Gasteiger partial charge on any atom is -0.343 e. The van der Waals surface area contributed by atoms with Crippen LogP contribution in [0.15, 0.2) is 18.3 Å². The number of pyridine rings is 1. The largest absolute Gasteiger partial charge is 0.343 e. The lowest BCUT2D eigenvalue weighted by Crippen LogP contribution is -2.40. The second-order valence-electron chi connectivity index (χ2n) is 7.45. The summed E-state index contributed by atoms with van der Waals surface area (Å²) < 4.78 is 0. The third kappa shape index (κ3) is 5.03. The molecule has 136 valence electrons. The van der Waals surface area contributed by atoms with Crippen molar-refractivity contribution in [2.45, 2.75) is 51.9 Å². The monoisotopic (exact) mass is 343 g/mol. The summed E-state index contributed by atoms with van der Waals surface area (Å²) in [5.41, 5.74) is 2.30. The van der Waals surface area contributed by atoms with Crippen molar-refractivity contribution in [3.63, 3.8) is 0 Å². The molecular weight excluding hydrogens is 314 g/mol. The number of aryl methyl sites for hydroxylation is 1. The van der Waals surface area contributed by atoms with E-state index in [1.807, 2.05) is 22.9 Å². The van der Waals surface area contributed by atoms with Gasteiger partial charge in [-0.1, -0.05) is 6.07 Å². The van der Waals surface area contributed by atoms with Crippen molar-refractivity contribution in [2.24, 2.45) is 5.92 Å². The molecule has 2 amide bonds. The summed E-state index contributed by atoms with van der Waals surface area (Å²) in [5.74, 6) is 1.03. The van der Waals surface area contributed by atoms with Gasteiger partial charge in [-0.25, -0.2) is 0 Å². The van der Waals surface area contributed by atoms with Gasteiger partial charge in [-0.05, 0) is 56.6 Å². The van der Waals surface area contributed by atoms with Crippen LogP contribution < -0.4 is 0 Å². The first-order chi connectivity index (χ1) is 12.1. The maximum absolute atomic E-state index is 12.5. The van der Waals surface area contributed by atoms with E-state index in [0.717, 1.165) is 57.6 Å². The van der Waals surface area contributed by atoms with Crippen molar-refractivity contribution in [1.29, 1.82) is 0 Å². The van der Waals surface area contributed by atoms with Gasteiger partial charge in [0, 0.05) is 50.9 Å². The highest BCUT2D eigenvalue weighted by Gasteiger charge is 2.24. The van der Waals surface area contributed by atoms with Crippen molar-refractivity contribution >= 4 is 11.8 Å². The molecule has 3 rings (SSSR count). The fourth-order valence-corrected chi connectivity index (χ4v) is 3.93. The summed E-state index contributed by atoms with van der Waals surface area (Å²) in [5, 5.41) is 0. The second kappa shape index (κ2) is 8.45. The lowest BCUT2D eigenvalue weighted by atomic mass is 9.91. The van der Waals surface area contributed by atoms with Crippen LogP contribution in [0.1, 0.15) is 49.8 Å². The second-order valence-corrected chi connectivity index (χ2v) is 7.45. The number of likely N-dealkylation sites (tertiary alicyclic amines) is 2. The number of piperidine rings is 1. The molecule has 2 aliphatic heterocycles.